The molecule has 17 heavy (non-hydrogen) atoms. The maximum absolute atomic E-state index is 4.17. The van der Waals surface area contributed by atoms with Crippen molar-refractivity contribution in [1.29, 1.82) is 0 Å². The van der Waals surface area contributed by atoms with E-state index in [1.165, 1.54) is 0 Å². The predicted octanol–water partition coefficient (Wildman–Crippen LogP) is 4.01. The first-order valence-corrected chi connectivity index (χ1v) is 6.81. The van der Waals surface area contributed by atoms with Crippen LogP contribution >= 0.6 is 22.7 Å². The molecule has 0 saturated carbocycles. The summed E-state index contributed by atoms with van der Waals surface area (Å²) in [5.74, 6) is 0. The molecule has 3 rings (SSSR count). The van der Waals surface area contributed by atoms with Gasteiger partial charge in [-0.15, -0.1) is 21.5 Å². The van der Waals surface area contributed by atoms with Crippen LogP contribution in [-0.4, -0.2) is 10.2 Å². The van der Waals surface area contributed by atoms with Crippen LogP contribution in [0.4, 0.5) is 10.8 Å². The number of anilines is 2. The Bertz CT molecular complexity index is 587. The number of benzene rings is 1. The fourth-order valence-electron chi connectivity index (χ4n) is 1.42. The highest BCUT2D eigenvalue weighted by atomic mass is 32.1. The molecule has 3 nitrogen and oxygen atoms in total. The Balaban J connectivity index is 1.82. The van der Waals surface area contributed by atoms with Gasteiger partial charge in [0.25, 0.3) is 0 Å². The molecule has 0 atom stereocenters. The lowest BCUT2D eigenvalue weighted by atomic mass is 10.3. The normalized spacial score (nSPS) is 10.4. The minimum Gasteiger partial charge on any atom is -0.330 e. The summed E-state index contributed by atoms with van der Waals surface area (Å²) >= 11 is 3.24. The molecule has 2 heterocycles. The Morgan fingerprint density at radius 3 is 2.59 bits per heavy atom. The monoisotopic (exact) mass is 259 g/mol. The lowest BCUT2D eigenvalue weighted by Crippen LogP contribution is -1.87. The first-order chi connectivity index (χ1) is 8.42. The standard InChI is InChI=1S/C12H9N3S2/c1-2-5-9(6-3-1)13-12-15-14-11(17-12)10-7-4-8-16-10/h1-8H,(H,13,15). The van der Waals surface area contributed by atoms with E-state index in [9.17, 15) is 0 Å². The van der Waals surface area contributed by atoms with E-state index in [0.29, 0.717) is 0 Å². The molecule has 1 N–H and O–H groups in total. The van der Waals surface area contributed by atoms with Crippen molar-refractivity contribution in [3.8, 4) is 9.88 Å². The van der Waals surface area contributed by atoms with Gasteiger partial charge in [0.15, 0.2) is 5.01 Å². The highest BCUT2D eigenvalue weighted by Crippen LogP contribution is 2.30. The van der Waals surface area contributed by atoms with Crippen molar-refractivity contribution < 1.29 is 0 Å². The number of aromatic nitrogens is 2. The molecular formula is C12H9N3S2. The second-order valence-corrected chi connectivity index (χ2v) is 5.31. The van der Waals surface area contributed by atoms with Gasteiger partial charge < -0.3 is 5.32 Å². The average molecular weight is 259 g/mol. The number of nitrogens with zero attached hydrogens (tertiary/aromatic N) is 2. The zero-order valence-electron chi connectivity index (χ0n) is 8.83. The molecule has 1 aromatic carbocycles. The molecule has 0 spiro atoms. The van der Waals surface area contributed by atoms with Crippen LogP contribution in [0.15, 0.2) is 47.8 Å². The van der Waals surface area contributed by atoms with Gasteiger partial charge in [-0.1, -0.05) is 35.6 Å². The number of hydrogen-bond donors (Lipinski definition) is 1. The van der Waals surface area contributed by atoms with E-state index >= 15 is 0 Å². The largest absolute Gasteiger partial charge is 0.330 e. The highest BCUT2D eigenvalue weighted by Gasteiger charge is 2.06. The van der Waals surface area contributed by atoms with Gasteiger partial charge in [0.1, 0.15) is 0 Å². The molecule has 0 saturated heterocycles. The van der Waals surface area contributed by atoms with Gasteiger partial charge in [0.05, 0.1) is 4.88 Å². The van der Waals surface area contributed by atoms with Gasteiger partial charge in [-0.05, 0) is 23.6 Å². The van der Waals surface area contributed by atoms with Crippen LogP contribution in [0.3, 0.4) is 0 Å². The number of thiophene rings is 1. The SMILES string of the molecule is c1ccc(Nc2nnc(-c3cccs3)s2)cc1. The van der Waals surface area contributed by atoms with Gasteiger partial charge in [-0.3, -0.25) is 0 Å². The maximum atomic E-state index is 4.17. The Morgan fingerprint density at radius 2 is 1.82 bits per heavy atom. The zero-order valence-corrected chi connectivity index (χ0v) is 10.5. The minimum atomic E-state index is 0.819. The highest BCUT2D eigenvalue weighted by molar-refractivity contribution is 7.22. The molecule has 0 bridgehead atoms. The van der Waals surface area contributed by atoms with Crippen LogP contribution in [0.2, 0.25) is 0 Å². The molecule has 0 radical (unpaired) electrons. The van der Waals surface area contributed by atoms with Gasteiger partial charge >= 0.3 is 0 Å². The van der Waals surface area contributed by atoms with Crippen molar-refractivity contribution >= 4 is 33.5 Å². The molecule has 0 aliphatic rings. The Labute approximate surface area is 107 Å². The molecule has 0 aliphatic carbocycles. The third-order valence-electron chi connectivity index (χ3n) is 2.18. The zero-order chi connectivity index (χ0) is 11.5. The number of hydrogen-bond acceptors (Lipinski definition) is 5. The van der Waals surface area contributed by atoms with Crippen LogP contribution in [0.25, 0.3) is 9.88 Å². The first kappa shape index (κ1) is 10.4. The topological polar surface area (TPSA) is 37.8 Å². The van der Waals surface area contributed by atoms with Crippen LogP contribution in [-0.2, 0) is 0 Å². The lowest BCUT2D eigenvalue weighted by molar-refractivity contribution is 1.10. The molecular weight excluding hydrogens is 250 g/mol. The van der Waals surface area contributed by atoms with Gasteiger partial charge in [-0.25, -0.2) is 0 Å². The van der Waals surface area contributed by atoms with Crippen molar-refractivity contribution in [2.45, 2.75) is 0 Å². The summed E-state index contributed by atoms with van der Waals surface area (Å²) in [7, 11) is 0. The fraction of sp³-hybridized carbons (Fsp3) is 0. The van der Waals surface area contributed by atoms with Crippen molar-refractivity contribution in [2.24, 2.45) is 0 Å². The van der Waals surface area contributed by atoms with E-state index in [1.807, 2.05) is 41.8 Å². The fourth-order valence-corrected chi connectivity index (χ4v) is 2.97. The van der Waals surface area contributed by atoms with E-state index in [4.69, 9.17) is 0 Å². The quantitative estimate of drug-likeness (QED) is 0.772. The van der Waals surface area contributed by atoms with Crippen LogP contribution in [0.5, 0.6) is 0 Å². The second kappa shape index (κ2) is 4.65. The Morgan fingerprint density at radius 1 is 0.941 bits per heavy atom. The number of rotatable bonds is 3. The van der Waals surface area contributed by atoms with Gasteiger partial charge in [-0.2, -0.15) is 0 Å². The molecule has 5 heteroatoms. The van der Waals surface area contributed by atoms with Gasteiger partial charge in [0, 0.05) is 5.69 Å². The van der Waals surface area contributed by atoms with Crippen molar-refractivity contribution in [3.05, 3.63) is 47.8 Å². The summed E-state index contributed by atoms with van der Waals surface area (Å²) in [5, 5.41) is 15.4. The van der Waals surface area contributed by atoms with Crippen molar-refractivity contribution in [1.82, 2.24) is 10.2 Å². The Kier molecular flexibility index (Phi) is 2.85. The molecule has 0 unspecified atom stereocenters. The molecule has 0 amide bonds. The van der Waals surface area contributed by atoms with E-state index < -0.39 is 0 Å². The smallest absolute Gasteiger partial charge is 0.210 e. The minimum absolute atomic E-state index is 0.819. The first-order valence-electron chi connectivity index (χ1n) is 5.11. The summed E-state index contributed by atoms with van der Waals surface area (Å²) in [4.78, 5) is 1.16. The van der Waals surface area contributed by atoms with Crippen LogP contribution < -0.4 is 5.32 Å². The molecule has 3 aromatic rings. The third kappa shape index (κ3) is 2.35. The predicted molar refractivity (Wildman–Crippen MR) is 72.9 cm³/mol. The molecule has 2 aromatic heterocycles. The van der Waals surface area contributed by atoms with Crippen LogP contribution in [0.1, 0.15) is 0 Å². The maximum Gasteiger partial charge on any atom is 0.210 e. The van der Waals surface area contributed by atoms with E-state index in [2.05, 4.69) is 21.6 Å². The van der Waals surface area contributed by atoms with Crippen LogP contribution in [0, 0.1) is 0 Å². The average Bonchev–Trinajstić information content (AvgIpc) is 3.00. The summed E-state index contributed by atoms with van der Waals surface area (Å²) in [5.41, 5.74) is 1.03. The summed E-state index contributed by atoms with van der Waals surface area (Å²) in [6.07, 6.45) is 0. The Hall–Kier alpha value is -1.72. The summed E-state index contributed by atoms with van der Waals surface area (Å²) < 4.78 is 0. The molecule has 84 valence electrons. The second-order valence-electron chi connectivity index (χ2n) is 3.38. The number of para-hydroxylation sites is 1. The van der Waals surface area contributed by atoms with E-state index in [1.54, 1.807) is 22.7 Å². The van der Waals surface area contributed by atoms with E-state index in [-0.39, 0.29) is 0 Å². The van der Waals surface area contributed by atoms with Gasteiger partial charge in [0.2, 0.25) is 5.13 Å². The summed E-state index contributed by atoms with van der Waals surface area (Å²) in [6, 6.07) is 14.1. The van der Waals surface area contributed by atoms with Crippen molar-refractivity contribution in [2.75, 3.05) is 5.32 Å². The number of nitrogens with one attached hydrogen (secondary N) is 1. The molecule has 0 fully saturated rings. The lowest BCUT2D eigenvalue weighted by Gasteiger charge is -1.99. The third-order valence-corrected chi connectivity index (χ3v) is 4.06. The van der Waals surface area contributed by atoms with E-state index in [0.717, 1.165) is 20.7 Å². The van der Waals surface area contributed by atoms with Crippen molar-refractivity contribution in [3.63, 3.8) is 0 Å². The molecule has 0 aliphatic heterocycles. The summed E-state index contributed by atoms with van der Waals surface area (Å²) in [6.45, 7) is 0.